The van der Waals surface area contributed by atoms with Crippen LogP contribution in [0.15, 0.2) is 0 Å². The van der Waals surface area contributed by atoms with Crippen LogP contribution in [0.1, 0.15) is 46.5 Å². The summed E-state index contributed by atoms with van der Waals surface area (Å²) in [5, 5.41) is 3.66. The van der Waals surface area contributed by atoms with E-state index in [9.17, 15) is 0 Å². The molecule has 0 aliphatic heterocycles. The van der Waals surface area contributed by atoms with Crippen molar-refractivity contribution in [3.63, 3.8) is 0 Å². The lowest BCUT2D eigenvalue weighted by atomic mass is 9.94. The monoisotopic (exact) mass is 214 g/mol. The van der Waals surface area contributed by atoms with Crippen LogP contribution in [0.25, 0.3) is 0 Å². The number of nitrogens with one attached hydrogen (secondary N) is 1. The summed E-state index contributed by atoms with van der Waals surface area (Å²) >= 11 is 0. The summed E-state index contributed by atoms with van der Waals surface area (Å²) in [7, 11) is 4.32. The van der Waals surface area contributed by atoms with Gasteiger partial charge in [0, 0.05) is 12.6 Å². The summed E-state index contributed by atoms with van der Waals surface area (Å²) in [5.41, 5.74) is 0. The van der Waals surface area contributed by atoms with Crippen molar-refractivity contribution in [1.29, 1.82) is 0 Å². The van der Waals surface area contributed by atoms with Crippen LogP contribution in [0, 0.1) is 5.92 Å². The first kappa shape index (κ1) is 14.9. The van der Waals surface area contributed by atoms with E-state index in [0.29, 0.717) is 6.04 Å². The van der Waals surface area contributed by atoms with E-state index in [1.807, 2.05) is 0 Å². The first-order chi connectivity index (χ1) is 7.13. The van der Waals surface area contributed by atoms with Crippen LogP contribution >= 0.6 is 0 Å². The molecule has 2 nitrogen and oxygen atoms in total. The van der Waals surface area contributed by atoms with Crippen LogP contribution < -0.4 is 5.32 Å². The van der Waals surface area contributed by atoms with Gasteiger partial charge in [-0.3, -0.25) is 0 Å². The second-order valence-corrected chi connectivity index (χ2v) is 4.83. The number of nitrogens with zero attached hydrogens (tertiary/aromatic N) is 1. The van der Waals surface area contributed by atoms with Gasteiger partial charge in [-0.25, -0.2) is 0 Å². The largest absolute Gasteiger partial charge is 0.313 e. The quantitative estimate of drug-likeness (QED) is 0.635. The van der Waals surface area contributed by atoms with Gasteiger partial charge in [0.15, 0.2) is 0 Å². The van der Waals surface area contributed by atoms with E-state index in [1.54, 1.807) is 0 Å². The molecule has 0 saturated carbocycles. The van der Waals surface area contributed by atoms with E-state index in [2.05, 4.69) is 45.1 Å². The van der Waals surface area contributed by atoms with Gasteiger partial charge in [0.1, 0.15) is 0 Å². The molecule has 2 heteroatoms. The van der Waals surface area contributed by atoms with E-state index in [0.717, 1.165) is 19.0 Å². The lowest BCUT2D eigenvalue weighted by Gasteiger charge is -2.25. The van der Waals surface area contributed by atoms with E-state index in [4.69, 9.17) is 0 Å². The molecule has 0 amide bonds. The molecular formula is C13H30N2. The molecule has 0 radical (unpaired) electrons. The SMILES string of the molecule is CCCNC(CC(CC)CC)CN(C)C. The molecule has 15 heavy (non-hydrogen) atoms. The summed E-state index contributed by atoms with van der Waals surface area (Å²) < 4.78 is 0. The van der Waals surface area contributed by atoms with Crippen LogP contribution in [0.5, 0.6) is 0 Å². The smallest absolute Gasteiger partial charge is 0.0197 e. The molecule has 0 aliphatic carbocycles. The molecule has 1 N–H and O–H groups in total. The van der Waals surface area contributed by atoms with Gasteiger partial charge < -0.3 is 10.2 Å². The maximum Gasteiger partial charge on any atom is 0.0197 e. The fourth-order valence-corrected chi connectivity index (χ4v) is 2.04. The van der Waals surface area contributed by atoms with E-state index < -0.39 is 0 Å². The summed E-state index contributed by atoms with van der Waals surface area (Å²) in [6.07, 6.45) is 5.18. The molecule has 0 heterocycles. The predicted octanol–water partition coefficient (Wildman–Crippen LogP) is 2.74. The van der Waals surface area contributed by atoms with Crippen molar-refractivity contribution in [2.45, 2.75) is 52.5 Å². The zero-order valence-corrected chi connectivity index (χ0v) is 11.3. The molecule has 0 aromatic heterocycles. The summed E-state index contributed by atoms with van der Waals surface area (Å²) in [5.74, 6) is 0.888. The van der Waals surface area contributed by atoms with Crippen molar-refractivity contribution in [2.75, 3.05) is 27.2 Å². The molecule has 0 rings (SSSR count). The van der Waals surface area contributed by atoms with E-state index >= 15 is 0 Å². The Hall–Kier alpha value is -0.0800. The molecule has 0 aliphatic rings. The van der Waals surface area contributed by atoms with Crippen molar-refractivity contribution >= 4 is 0 Å². The third kappa shape index (κ3) is 7.80. The topological polar surface area (TPSA) is 15.3 Å². The lowest BCUT2D eigenvalue weighted by molar-refractivity contribution is 0.288. The van der Waals surface area contributed by atoms with Crippen molar-refractivity contribution in [3.8, 4) is 0 Å². The molecule has 1 unspecified atom stereocenters. The number of hydrogen-bond acceptors (Lipinski definition) is 2. The first-order valence-electron chi connectivity index (χ1n) is 6.52. The zero-order valence-electron chi connectivity index (χ0n) is 11.3. The van der Waals surface area contributed by atoms with Crippen molar-refractivity contribution in [3.05, 3.63) is 0 Å². The predicted molar refractivity (Wildman–Crippen MR) is 69.3 cm³/mol. The highest BCUT2D eigenvalue weighted by molar-refractivity contribution is 4.73. The highest BCUT2D eigenvalue weighted by Gasteiger charge is 2.13. The molecular weight excluding hydrogens is 184 g/mol. The van der Waals surface area contributed by atoms with Crippen LogP contribution in [-0.4, -0.2) is 38.1 Å². The third-order valence-corrected chi connectivity index (χ3v) is 3.04. The van der Waals surface area contributed by atoms with Gasteiger partial charge >= 0.3 is 0 Å². The van der Waals surface area contributed by atoms with E-state index in [1.165, 1.54) is 25.7 Å². The average molecular weight is 214 g/mol. The molecule has 0 bridgehead atoms. The van der Waals surface area contributed by atoms with Gasteiger partial charge in [0.2, 0.25) is 0 Å². The standard InChI is InChI=1S/C13H30N2/c1-6-9-14-13(11-15(4)5)10-12(7-2)8-3/h12-14H,6-11H2,1-5H3. The molecule has 1 atom stereocenters. The number of likely N-dealkylation sites (N-methyl/N-ethyl adjacent to an activating group) is 1. The molecule has 0 aromatic rings. The summed E-state index contributed by atoms with van der Waals surface area (Å²) in [6.45, 7) is 9.16. The Bertz CT molecular complexity index is 130. The molecule has 0 spiro atoms. The van der Waals surface area contributed by atoms with Crippen LogP contribution in [-0.2, 0) is 0 Å². The summed E-state index contributed by atoms with van der Waals surface area (Å²) in [4.78, 5) is 2.29. The third-order valence-electron chi connectivity index (χ3n) is 3.04. The fraction of sp³-hybridized carbons (Fsp3) is 1.00. The highest BCUT2D eigenvalue weighted by Crippen LogP contribution is 2.15. The average Bonchev–Trinajstić information content (AvgIpc) is 2.21. The van der Waals surface area contributed by atoms with E-state index in [-0.39, 0.29) is 0 Å². The first-order valence-corrected chi connectivity index (χ1v) is 6.52. The Balaban J connectivity index is 3.97. The van der Waals surface area contributed by atoms with Gasteiger partial charge in [0.25, 0.3) is 0 Å². The Morgan fingerprint density at radius 3 is 2.07 bits per heavy atom. The Kier molecular flexibility index (Phi) is 9.12. The van der Waals surface area contributed by atoms with Crippen molar-refractivity contribution in [2.24, 2.45) is 5.92 Å². The maximum absolute atomic E-state index is 3.66. The number of rotatable bonds is 9. The van der Waals surface area contributed by atoms with Gasteiger partial charge in [-0.05, 0) is 39.4 Å². The second-order valence-electron chi connectivity index (χ2n) is 4.83. The minimum atomic E-state index is 0.671. The molecule has 0 saturated heterocycles. The van der Waals surface area contributed by atoms with Gasteiger partial charge in [-0.2, -0.15) is 0 Å². The van der Waals surface area contributed by atoms with Crippen molar-refractivity contribution in [1.82, 2.24) is 10.2 Å². The molecule has 0 aromatic carbocycles. The number of hydrogen-bond donors (Lipinski definition) is 1. The lowest BCUT2D eigenvalue weighted by Crippen LogP contribution is -2.39. The normalized spacial score (nSPS) is 13.8. The highest BCUT2D eigenvalue weighted by atomic mass is 15.1. The minimum absolute atomic E-state index is 0.671. The second kappa shape index (κ2) is 9.17. The van der Waals surface area contributed by atoms with Crippen LogP contribution in [0.3, 0.4) is 0 Å². The van der Waals surface area contributed by atoms with Crippen molar-refractivity contribution < 1.29 is 0 Å². The van der Waals surface area contributed by atoms with Crippen LogP contribution in [0.4, 0.5) is 0 Å². The van der Waals surface area contributed by atoms with Gasteiger partial charge in [-0.1, -0.05) is 33.6 Å². The maximum atomic E-state index is 3.66. The Morgan fingerprint density at radius 1 is 1.07 bits per heavy atom. The zero-order chi connectivity index (χ0) is 11.7. The Morgan fingerprint density at radius 2 is 1.67 bits per heavy atom. The molecule has 92 valence electrons. The van der Waals surface area contributed by atoms with Crippen LogP contribution in [0.2, 0.25) is 0 Å². The van der Waals surface area contributed by atoms with Gasteiger partial charge in [-0.15, -0.1) is 0 Å². The van der Waals surface area contributed by atoms with Gasteiger partial charge in [0.05, 0.1) is 0 Å². The summed E-state index contributed by atoms with van der Waals surface area (Å²) in [6, 6.07) is 0.671. The Labute approximate surface area is 96.4 Å². The fourth-order valence-electron chi connectivity index (χ4n) is 2.04. The molecule has 0 fully saturated rings. The minimum Gasteiger partial charge on any atom is -0.313 e.